The molecule has 8 heteroatoms. The second-order valence-electron chi connectivity index (χ2n) is 6.59. The van der Waals surface area contributed by atoms with Crippen molar-refractivity contribution in [3.63, 3.8) is 0 Å². The second kappa shape index (κ2) is 7.16. The Balaban J connectivity index is 1.58. The van der Waals surface area contributed by atoms with E-state index in [-0.39, 0.29) is 18.1 Å². The van der Waals surface area contributed by atoms with Crippen LogP contribution < -0.4 is 11.1 Å². The van der Waals surface area contributed by atoms with E-state index < -0.39 is 5.91 Å². The van der Waals surface area contributed by atoms with E-state index in [0.717, 1.165) is 22.0 Å². The van der Waals surface area contributed by atoms with Gasteiger partial charge in [-0.1, -0.05) is 35.5 Å². The van der Waals surface area contributed by atoms with Gasteiger partial charge in [-0.15, -0.1) is 5.10 Å². The van der Waals surface area contributed by atoms with Crippen LogP contribution in [0.2, 0.25) is 0 Å². The maximum atomic E-state index is 12.4. The van der Waals surface area contributed by atoms with Crippen molar-refractivity contribution in [3.05, 3.63) is 71.5 Å². The van der Waals surface area contributed by atoms with E-state index in [9.17, 15) is 9.90 Å². The van der Waals surface area contributed by atoms with Gasteiger partial charge in [-0.05, 0) is 34.7 Å². The normalized spacial score (nSPS) is 11.1. The number of nitrogens with one attached hydrogen (secondary N) is 1. The number of nitrogens with zero attached hydrogens (tertiary/aromatic N) is 4. The van der Waals surface area contributed by atoms with Crippen LogP contribution in [-0.2, 0) is 20.2 Å². The van der Waals surface area contributed by atoms with Gasteiger partial charge in [-0.25, -0.2) is 4.68 Å². The molecule has 1 amide bonds. The van der Waals surface area contributed by atoms with Gasteiger partial charge in [0.1, 0.15) is 0 Å². The summed E-state index contributed by atoms with van der Waals surface area (Å²) in [5.74, 6) is -0.184. The largest absolute Gasteiger partial charge is 0.392 e. The fourth-order valence-corrected chi connectivity index (χ4v) is 3.06. The molecule has 4 N–H and O–H groups in total. The zero-order valence-corrected chi connectivity index (χ0v) is 15.3. The molecule has 0 saturated heterocycles. The molecule has 0 spiro atoms. The molecule has 4 aromatic rings. The number of aliphatic hydroxyl groups excluding tert-OH is 1. The monoisotopic (exact) mass is 376 g/mol. The highest BCUT2D eigenvalue weighted by Gasteiger charge is 2.16. The van der Waals surface area contributed by atoms with Crippen LogP contribution in [0.25, 0.3) is 10.9 Å². The van der Waals surface area contributed by atoms with Crippen molar-refractivity contribution in [1.82, 2.24) is 19.6 Å². The molecule has 4 rings (SSSR count). The van der Waals surface area contributed by atoms with Crippen LogP contribution in [0, 0.1) is 0 Å². The van der Waals surface area contributed by atoms with Gasteiger partial charge >= 0.3 is 0 Å². The maximum Gasteiger partial charge on any atom is 0.280 e. The van der Waals surface area contributed by atoms with Gasteiger partial charge in [0.15, 0.2) is 11.5 Å². The van der Waals surface area contributed by atoms with Crippen molar-refractivity contribution in [2.75, 3.05) is 11.1 Å². The van der Waals surface area contributed by atoms with Crippen LogP contribution in [-0.4, -0.2) is 30.6 Å². The topological polar surface area (TPSA) is 111 Å². The molecule has 0 aliphatic carbocycles. The number of aromatic nitrogens is 4. The van der Waals surface area contributed by atoms with E-state index in [2.05, 4.69) is 20.2 Å². The van der Waals surface area contributed by atoms with Crippen molar-refractivity contribution < 1.29 is 9.90 Å². The van der Waals surface area contributed by atoms with Crippen molar-refractivity contribution in [3.8, 4) is 0 Å². The third-order valence-corrected chi connectivity index (χ3v) is 4.68. The molecule has 2 heterocycles. The van der Waals surface area contributed by atoms with E-state index in [1.165, 1.54) is 4.68 Å². The Morgan fingerprint density at radius 2 is 1.89 bits per heavy atom. The Labute approximate surface area is 161 Å². The van der Waals surface area contributed by atoms with E-state index in [1.54, 1.807) is 7.05 Å². The predicted octanol–water partition coefficient (Wildman–Crippen LogP) is 2.14. The Bertz CT molecular complexity index is 1140. The summed E-state index contributed by atoms with van der Waals surface area (Å²) in [7, 11) is 1.63. The Hall–Kier alpha value is -3.65. The van der Waals surface area contributed by atoms with Crippen molar-refractivity contribution in [1.29, 1.82) is 0 Å². The van der Waals surface area contributed by atoms with Crippen molar-refractivity contribution >= 4 is 28.3 Å². The summed E-state index contributed by atoms with van der Waals surface area (Å²) in [4.78, 5) is 12.4. The van der Waals surface area contributed by atoms with Gasteiger partial charge in [0.25, 0.3) is 5.91 Å². The number of benzene rings is 2. The summed E-state index contributed by atoms with van der Waals surface area (Å²) in [5, 5.41) is 20.6. The minimum absolute atomic E-state index is 0.0338. The average molecular weight is 376 g/mol. The molecule has 8 nitrogen and oxygen atoms in total. The van der Waals surface area contributed by atoms with Gasteiger partial charge < -0.3 is 20.7 Å². The van der Waals surface area contributed by atoms with Crippen molar-refractivity contribution in [2.45, 2.75) is 13.2 Å². The number of fused-ring (bicyclic) bond motifs is 1. The molecule has 0 radical (unpaired) electrons. The third kappa shape index (κ3) is 3.33. The number of nitrogens with two attached hydrogens (primary N) is 1. The van der Waals surface area contributed by atoms with Crippen LogP contribution in [0.4, 0.5) is 11.5 Å². The zero-order chi connectivity index (χ0) is 19.7. The molecule has 0 aliphatic rings. The van der Waals surface area contributed by atoms with Gasteiger partial charge in [-0.2, -0.15) is 0 Å². The Morgan fingerprint density at radius 3 is 2.57 bits per heavy atom. The molecule has 0 saturated carbocycles. The number of hydrogen-bond acceptors (Lipinski definition) is 5. The van der Waals surface area contributed by atoms with E-state index in [4.69, 9.17) is 5.73 Å². The van der Waals surface area contributed by atoms with E-state index in [1.807, 2.05) is 54.7 Å². The summed E-state index contributed by atoms with van der Waals surface area (Å²) in [5.41, 5.74) is 9.57. The predicted molar refractivity (Wildman–Crippen MR) is 107 cm³/mol. The maximum absolute atomic E-state index is 12.4. The number of carbonyl (C=O) groups excluding carboxylic acids is 1. The Kier molecular flexibility index (Phi) is 4.54. The first-order valence-corrected chi connectivity index (χ1v) is 8.79. The average Bonchev–Trinajstić information content (AvgIpc) is 3.26. The van der Waals surface area contributed by atoms with Crippen LogP contribution >= 0.6 is 0 Å². The van der Waals surface area contributed by atoms with Crippen LogP contribution in [0.5, 0.6) is 0 Å². The summed E-state index contributed by atoms with van der Waals surface area (Å²) < 4.78 is 3.46. The highest BCUT2D eigenvalue weighted by atomic mass is 16.3. The smallest absolute Gasteiger partial charge is 0.280 e. The summed E-state index contributed by atoms with van der Waals surface area (Å²) >= 11 is 0. The SMILES string of the molecule is Cn1nnc(C(=O)Nc2ccc3ccn(Cc4ccc(CO)cc4)c3c2)c1N. The van der Waals surface area contributed by atoms with Gasteiger partial charge in [0.05, 0.1) is 12.1 Å². The fraction of sp³-hybridized carbons (Fsp3) is 0.150. The molecular formula is C20H20N6O2. The lowest BCUT2D eigenvalue weighted by Crippen LogP contribution is -2.15. The van der Waals surface area contributed by atoms with Gasteiger partial charge in [-0.3, -0.25) is 4.79 Å². The first kappa shape index (κ1) is 17.7. The number of carbonyl (C=O) groups is 1. The number of aryl methyl sites for hydroxylation is 1. The minimum atomic E-state index is -0.400. The standard InChI is InChI=1S/C20H20N6O2/c1-25-19(21)18(23-24-25)20(28)22-16-7-6-15-8-9-26(17(15)10-16)11-13-2-4-14(12-27)5-3-13/h2-10,27H,11-12,21H2,1H3,(H,22,28). The van der Waals surface area contributed by atoms with E-state index in [0.29, 0.717) is 12.2 Å². The lowest BCUT2D eigenvalue weighted by Gasteiger charge is -2.09. The fourth-order valence-electron chi connectivity index (χ4n) is 3.06. The molecule has 142 valence electrons. The quantitative estimate of drug-likeness (QED) is 0.494. The van der Waals surface area contributed by atoms with Crippen molar-refractivity contribution in [2.24, 2.45) is 7.05 Å². The minimum Gasteiger partial charge on any atom is -0.392 e. The van der Waals surface area contributed by atoms with Gasteiger partial charge in [0.2, 0.25) is 0 Å². The molecule has 28 heavy (non-hydrogen) atoms. The third-order valence-electron chi connectivity index (χ3n) is 4.68. The molecule has 0 aliphatic heterocycles. The number of nitrogen functional groups attached to an aromatic ring is 1. The Morgan fingerprint density at radius 1 is 1.14 bits per heavy atom. The molecule has 0 bridgehead atoms. The first-order valence-electron chi connectivity index (χ1n) is 8.79. The summed E-state index contributed by atoms with van der Waals surface area (Å²) in [6.07, 6.45) is 2.01. The summed E-state index contributed by atoms with van der Waals surface area (Å²) in [6, 6.07) is 15.6. The van der Waals surface area contributed by atoms with Crippen LogP contribution in [0.3, 0.4) is 0 Å². The number of aliphatic hydroxyl groups is 1. The lowest BCUT2D eigenvalue weighted by atomic mass is 10.1. The molecule has 2 aromatic heterocycles. The zero-order valence-electron chi connectivity index (χ0n) is 15.3. The summed E-state index contributed by atoms with van der Waals surface area (Å²) in [6.45, 7) is 0.718. The highest BCUT2D eigenvalue weighted by molar-refractivity contribution is 6.06. The van der Waals surface area contributed by atoms with Crippen LogP contribution in [0.1, 0.15) is 21.6 Å². The van der Waals surface area contributed by atoms with E-state index >= 15 is 0 Å². The second-order valence-corrected chi connectivity index (χ2v) is 6.59. The molecule has 0 atom stereocenters. The number of hydrogen-bond donors (Lipinski definition) is 3. The molecular weight excluding hydrogens is 356 g/mol. The molecule has 0 unspecified atom stereocenters. The highest BCUT2D eigenvalue weighted by Crippen LogP contribution is 2.22. The van der Waals surface area contributed by atoms with Gasteiger partial charge in [0, 0.05) is 25.5 Å². The number of anilines is 2. The molecule has 0 fully saturated rings. The number of rotatable bonds is 5. The lowest BCUT2D eigenvalue weighted by molar-refractivity contribution is 0.102. The number of amides is 1. The first-order chi connectivity index (χ1) is 13.5. The van der Waals surface area contributed by atoms with Crippen LogP contribution in [0.15, 0.2) is 54.7 Å². The molecule has 2 aromatic carbocycles.